The van der Waals surface area contributed by atoms with E-state index in [0.29, 0.717) is 12.8 Å². The second-order valence-electron chi connectivity index (χ2n) is 5.62. The van der Waals surface area contributed by atoms with E-state index in [0.717, 1.165) is 16.7 Å². The highest BCUT2D eigenvalue weighted by atomic mass is 16.5. The highest BCUT2D eigenvalue weighted by molar-refractivity contribution is 5.83. The molecule has 2 N–H and O–H groups in total. The molecular formula is C16H21NO4. The Morgan fingerprint density at radius 1 is 1.29 bits per heavy atom. The molecule has 2 rings (SSSR count). The Morgan fingerprint density at radius 3 is 2.57 bits per heavy atom. The van der Waals surface area contributed by atoms with Gasteiger partial charge in [-0.3, -0.25) is 4.79 Å². The second-order valence-corrected chi connectivity index (χ2v) is 5.62. The highest BCUT2D eigenvalue weighted by Gasteiger charge is 2.35. The minimum atomic E-state index is -1.01. The van der Waals surface area contributed by atoms with Crippen molar-refractivity contribution in [1.29, 1.82) is 0 Å². The van der Waals surface area contributed by atoms with Gasteiger partial charge in [0.2, 0.25) is 5.91 Å². The molecule has 5 nitrogen and oxygen atoms in total. The van der Waals surface area contributed by atoms with Crippen molar-refractivity contribution in [2.75, 3.05) is 0 Å². The van der Waals surface area contributed by atoms with Gasteiger partial charge >= 0.3 is 5.97 Å². The van der Waals surface area contributed by atoms with Crippen molar-refractivity contribution in [3.8, 4) is 0 Å². The predicted molar refractivity (Wildman–Crippen MR) is 78.0 cm³/mol. The summed E-state index contributed by atoms with van der Waals surface area (Å²) >= 11 is 0. The average Bonchev–Trinajstić information content (AvgIpc) is 2.91. The first-order valence-electron chi connectivity index (χ1n) is 7.14. The van der Waals surface area contributed by atoms with Crippen LogP contribution in [0.25, 0.3) is 0 Å². The Hall–Kier alpha value is -1.88. The maximum absolute atomic E-state index is 12.2. The fourth-order valence-corrected chi connectivity index (χ4v) is 2.62. The number of carbonyl (C=O) groups is 2. The lowest BCUT2D eigenvalue weighted by molar-refractivity contribution is -0.151. The molecule has 0 saturated carbocycles. The lowest BCUT2D eigenvalue weighted by Gasteiger charge is -2.19. The molecule has 1 aromatic carbocycles. The molecule has 1 amide bonds. The van der Waals surface area contributed by atoms with Crippen LogP contribution in [0.4, 0.5) is 0 Å². The number of rotatable bonds is 4. The maximum atomic E-state index is 12.2. The first-order valence-corrected chi connectivity index (χ1v) is 7.14. The molecule has 3 unspecified atom stereocenters. The quantitative estimate of drug-likeness (QED) is 0.891. The number of aryl methyl sites for hydroxylation is 2. The van der Waals surface area contributed by atoms with Gasteiger partial charge in [-0.2, -0.15) is 0 Å². The molecule has 0 radical (unpaired) electrons. The fourth-order valence-electron chi connectivity index (χ4n) is 2.62. The van der Waals surface area contributed by atoms with Crippen LogP contribution < -0.4 is 5.32 Å². The van der Waals surface area contributed by atoms with Crippen LogP contribution in [0, 0.1) is 13.8 Å². The van der Waals surface area contributed by atoms with Crippen molar-refractivity contribution in [3.05, 3.63) is 34.9 Å². The molecule has 3 atom stereocenters. The summed E-state index contributed by atoms with van der Waals surface area (Å²) in [5.41, 5.74) is 3.32. The number of hydrogen-bond donors (Lipinski definition) is 2. The van der Waals surface area contributed by atoms with E-state index in [1.165, 1.54) is 0 Å². The first kappa shape index (κ1) is 15.5. The average molecular weight is 291 g/mol. The Bertz CT molecular complexity index is 555. The summed E-state index contributed by atoms with van der Waals surface area (Å²) in [6.07, 6.45) is -0.705. The van der Waals surface area contributed by atoms with Gasteiger partial charge in [0.15, 0.2) is 6.10 Å². The number of ether oxygens (including phenoxy) is 1. The van der Waals surface area contributed by atoms with E-state index in [1.54, 1.807) is 0 Å². The molecule has 1 heterocycles. The smallest absolute Gasteiger partial charge is 0.332 e. The zero-order chi connectivity index (χ0) is 15.6. The van der Waals surface area contributed by atoms with E-state index in [9.17, 15) is 9.59 Å². The van der Waals surface area contributed by atoms with Crippen LogP contribution in [-0.4, -0.2) is 29.2 Å². The van der Waals surface area contributed by atoms with Gasteiger partial charge in [0.1, 0.15) is 6.10 Å². The summed E-state index contributed by atoms with van der Waals surface area (Å²) < 4.78 is 5.26. The maximum Gasteiger partial charge on any atom is 0.332 e. The van der Waals surface area contributed by atoms with Gasteiger partial charge in [-0.15, -0.1) is 0 Å². The van der Waals surface area contributed by atoms with Gasteiger partial charge in [0.25, 0.3) is 0 Å². The molecule has 1 fully saturated rings. The van der Waals surface area contributed by atoms with Gasteiger partial charge in [-0.05, 0) is 44.7 Å². The lowest BCUT2D eigenvalue weighted by Crippen LogP contribution is -2.37. The summed E-state index contributed by atoms with van der Waals surface area (Å²) in [6, 6.07) is 5.98. The number of aliphatic carboxylic acids is 1. The zero-order valence-electron chi connectivity index (χ0n) is 12.6. The van der Waals surface area contributed by atoms with Crippen molar-refractivity contribution in [3.63, 3.8) is 0 Å². The molecule has 1 aliphatic rings. The van der Waals surface area contributed by atoms with Gasteiger partial charge in [0, 0.05) is 0 Å². The van der Waals surface area contributed by atoms with Crippen molar-refractivity contribution >= 4 is 11.9 Å². The summed E-state index contributed by atoms with van der Waals surface area (Å²) in [4.78, 5) is 23.0. The molecular weight excluding hydrogens is 270 g/mol. The number of amides is 1. The highest BCUT2D eigenvalue weighted by Crippen LogP contribution is 2.23. The normalized spacial score (nSPS) is 22.8. The molecule has 114 valence electrons. The summed E-state index contributed by atoms with van der Waals surface area (Å²) in [5.74, 6) is -1.25. The number of carboxylic acid groups (broad SMARTS) is 1. The third kappa shape index (κ3) is 3.61. The predicted octanol–water partition coefficient (Wildman–Crippen LogP) is 2.11. The summed E-state index contributed by atoms with van der Waals surface area (Å²) in [5, 5.41) is 11.8. The number of benzene rings is 1. The van der Waals surface area contributed by atoms with E-state index in [-0.39, 0.29) is 11.9 Å². The van der Waals surface area contributed by atoms with E-state index >= 15 is 0 Å². The number of carboxylic acids is 1. The Labute approximate surface area is 124 Å². The molecule has 5 heteroatoms. The summed E-state index contributed by atoms with van der Waals surface area (Å²) in [7, 11) is 0. The minimum Gasteiger partial charge on any atom is -0.479 e. The van der Waals surface area contributed by atoms with Crippen molar-refractivity contribution in [2.24, 2.45) is 0 Å². The molecule has 0 aliphatic carbocycles. The second kappa shape index (κ2) is 6.26. The van der Waals surface area contributed by atoms with Crippen LogP contribution >= 0.6 is 0 Å². The van der Waals surface area contributed by atoms with E-state index < -0.39 is 18.2 Å². The van der Waals surface area contributed by atoms with Crippen molar-refractivity contribution in [2.45, 2.75) is 51.9 Å². The first-order chi connectivity index (χ1) is 9.88. The van der Waals surface area contributed by atoms with Crippen LogP contribution in [-0.2, 0) is 14.3 Å². The van der Waals surface area contributed by atoms with Crippen molar-refractivity contribution < 1.29 is 19.4 Å². The van der Waals surface area contributed by atoms with Gasteiger partial charge < -0.3 is 15.2 Å². The SMILES string of the molecule is Cc1ccc(C)c(C(C)NC(=O)C2CCC(C(=O)O)O2)c1. The topological polar surface area (TPSA) is 75.6 Å². The Kier molecular flexibility index (Phi) is 4.63. The third-order valence-corrected chi connectivity index (χ3v) is 3.85. The van der Waals surface area contributed by atoms with E-state index in [1.807, 2.05) is 32.9 Å². The molecule has 1 aliphatic heterocycles. The van der Waals surface area contributed by atoms with Gasteiger partial charge in [-0.1, -0.05) is 23.8 Å². The molecule has 1 saturated heterocycles. The monoisotopic (exact) mass is 291 g/mol. The standard InChI is InChI=1S/C16H21NO4/c1-9-4-5-10(2)12(8-9)11(3)17-15(18)13-6-7-14(21-13)16(19)20/h4-5,8,11,13-14H,6-7H2,1-3H3,(H,17,18)(H,19,20). The minimum absolute atomic E-state index is 0.134. The molecule has 0 aromatic heterocycles. The van der Waals surface area contributed by atoms with E-state index in [4.69, 9.17) is 9.84 Å². The molecule has 1 aromatic rings. The number of nitrogens with one attached hydrogen (secondary N) is 1. The summed E-state index contributed by atoms with van der Waals surface area (Å²) in [6.45, 7) is 5.93. The van der Waals surface area contributed by atoms with E-state index in [2.05, 4.69) is 11.4 Å². The van der Waals surface area contributed by atoms with Crippen molar-refractivity contribution in [1.82, 2.24) is 5.32 Å². The Morgan fingerprint density at radius 2 is 1.95 bits per heavy atom. The molecule has 21 heavy (non-hydrogen) atoms. The molecule has 0 bridgehead atoms. The van der Waals surface area contributed by atoms with Gasteiger partial charge in [-0.25, -0.2) is 4.79 Å². The zero-order valence-corrected chi connectivity index (χ0v) is 12.6. The lowest BCUT2D eigenvalue weighted by atomic mass is 10.00. The van der Waals surface area contributed by atoms with Gasteiger partial charge in [0.05, 0.1) is 6.04 Å². The number of carbonyl (C=O) groups excluding carboxylic acids is 1. The van der Waals surface area contributed by atoms with Crippen LogP contribution in [0.5, 0.6) is 0 Å². The fraction of sp³-hybridized carbons (Fsp3) is 0.500. The van der Waals surface area contributed by atoms with Crippen LogP contribution in [0.3, 0.4) is 0 Å². The number of hydrogen-bond acceptors (Lipinski definition) is 3. The van der Waals surface area contributed by atoms with Crippen LogP contribution in [0.1, 0.15) is 42.5 Å². The third-order valence-electron chi connectivity index (χ3n) is 3.85. The largest absolute Gasteiger partial charge is 0.479 e. The Balaban J connectivity index is 1.99. The molecule has 0 spiro atoms. The van der Waals surface area contributed by atoms with Crippen LogP contribution in [0.15, 0.2) is 18.2 Å². The van der Waals surface area contributed by atoms with Crippen LogP contribution in [0.2, 0.25) is 0 Å².